The number of carbonyl (C=O) groups excluding carboxylic acids is 1. The zero-order valence-corrected chi connectivity index (χ0v) is 11.3. The zero-order chi connectivity index (χ0) is 13.8. The van der Waals surface area contributed by atoms with Crippen molar-refractivity contribution in [2.45, 2.75) is 38.8 Å². The quantitative estimate of drug-likeness (QED) is 0.907. The molecule has 3 nitrogen and oxygen atoms in total. The highest BCUT2D eigenvalue weighted by molar-refractivity contribution is 5.79. The lowest BCUT2D eigenvalue weighted by molar-refractivity contribution is -0.135. The summed E-state index contributed by atoms with van der Waals surface area (Å²) in [6, 6.07) is 6.57. The van der Waals surface area contributed by atoms with E-state index in [1.807, 2.05) is 13.0 Å². The summed E-state index contributed by atoms with van der Waals surface area (Å²) in [6.45, 7) is 3.06. The molecule has 0 bridgehead atoms. The van der Waals surface area contributed by atoms with Crippen LogP contribution < -0.4 is 5.73 Å². The Morgan fingerprint density at radius 2 is 2.26 bits per heavy atom. The van der Waals surface area contributed by atoms with E-state index in [1.54, 1.807) is 11.0 Å². The van der Waals surface area contributed by atoms with Crippen molar-refractivity contribution in [3.63, 3.8) is 0 Å². The van der Waals surface area contributed by atoms with Gasteiger partial charge in [-0.25, -0.2) is 4.39 Å². The van der Waals surface area contributed by atoms with Crippen molar-refractivity contribution < 1.29 is 9.18 Å². The van der Waals surface area contributed by atoms with Crippen LogP contribution in [0.4, 0.5) is 4.39 Å². The second-order valence-electron chi connectivity index (χ2n) is 5.25. The van der Waals surface area contributed by atoms with Crippen molar-refractivity contribution in [2.75, 3.05) is 6.54 Å². The molecule has 0 spiro atoms. The molecule has 0 aliphatic heterocycles. The Morgan fingerprint density at radius 3 is 2.84 bits per heavy atom. The van der Waals surface area contributed by atoms with Gasteiger partial charge in [-0.1, -0.05) is 12.1 Å². The molecule has 1 saturated carbocycles. The summed E-state index contributed by atoms with van der Waals surface area (Å²) in [5, 5.41) is 0. The minimum Gasteiger partial charge on any atom is -0.338 e. The van der Waals surface area contributed by atoms with Gasteiger partial charge in [-0.3, -0.25) is 4.79 Å². The monoisotopic (exact) mass is 264 g/mol. The lowest BCUT2D eigenvalue weighted by atomic mass is 10.1. The van der Waals surface area contributed by atoms with Crippen LogP contribution in [0.2, 0.25) is 0 Å². The van der Waals surface area contributed by atoms with E-state index in [0.717, 1.165) is 24.8 Å². The third-order valence-electron chi connectivity index (χ3n) is 3.78. The van der Waals surface area contributed by atoms with Gasteiger partial charge in [0.15, 0.2) is 0 Å². The maximum Gasteiger partial charge on any atom is 0.226 e. The third-order valence-corrected chi connectivity index (χ3v) is 3.78. The van der Waals surface area contributed by atoms with Gasteiger partial charge in [0.25, 0.3) is 0 Å². The van der Waals surface area contributed by atoms with Crippen LogP contribution >= 0.6 is 0 Å². The fourth-order valence-corrected chi connectivity index (χ4v) is 2.70. The molecular weight excluding hydrogens is 243 g/mol. The lowest BCUT2D eigenvalue weighted by Crippen LogP contribution is -2.35. The molecule has 2 atom stereocenters. The first kappa shape index (κ1) is 14.0. The zero-order valence-electron chi connectivity index (χ0n) is 11.3. The molecule has 1 aromatic rings. The normalized spacial score (nSPS) is 22.5. The van der Waals surface area contributed by atoms with Crippen LogP contribution in [0, 0.1) is 11.7 Å². The molecule has 1 aliphatic rings. The Balaban J connectivity index is 2.01. The Bertz CT molecular complexity index is 450. The van der Waals surface area contributed by atoms with Gasteiger partial charge in [0.2, 0.25) is 5.91 Å². The lowest BCUT2D eigenvalue weighted by Gasteiger charge is -2.24. The number of carbonyl (C=O) groups is 1. The summed E-state index contributed by atoms with van der Waals surface area (Å²) in [7, 11) is 0. The standard InChI is InChI=1S/C15H21FN2O/c1-2-18(10-11-4-3-5-13(16)8-11)15(19)12-6-7-14(17)9-12/h3-5,8,12,14H,2,6-7,9-10,17H2,1H3. The van der Waals surface area contributed by atoms with E-state index in [2.05, 4.69) is 0 Å². The molecule has 2 N–H and O–H groups in total. The number of amides is 1. The van der Waals surface area contributed by atoms with E-state index < -0.39 is 0 Å². The topological polar surface area (TPSA) is 46.3 Å². The molecule has 1 aromatic carbocycles. The summed E-state index contributed by atoms with van der Waals surface area (Å²) in [5.41, 5.74) is 6.69. The summed E-state index contributed by atoms with van der Waals surface area (Å²) in [4.78, 5) is 14.2. The average molecular weight is 264 g/mol. The van der Waals surface area contributed by atoms with Crippen molar-refractivity contribution in [1.29, 1.82) is 0 Å². The number of benzene rings is 1. The van der Waals surface area contributed by atoms with Crippen LogP contribution in [0.5, 0.6) is 0 Å². The second-order valence-corrected chi connectivity index (χ2v) is 5.25. The number of nitrogens with zero attached hydrogens (tertiary/aromatic N) is 1. The number of hydrogen-bond donors (Lipinski definition) is 1. The Kier molecular flexibility index (Phi) is 4.53. The first-order valence-electron chi connectivity index (χ1n) is 6.89. The van der Waals surface area contributed by atoms with Crippen molar-refractivity contribution >= 4 is 5.91 Å². The molecule has 0 radical (unpaired) electrons. The highest BCUT2D eigenvalue weighted by Gasteiger charge is 2.30. The molecule has 19 heavy (non-hydrogen) atoms. The molecule has 104 valence electrons. The van der Waals surface area contributed by atoms with E-state index in [0.29, 0.717) is 13.1 Å². The number of hydrogen-bond acceptors (Lipinski definition) is 2. The maximum absolute atomic E-state index is 13.2. The fraction of sp³-hybridized carbons (Fsp3) is 0.533. The molecular formula is C15H21FN2O. The minimum absolute atomic E-state index is 0.0449. The SMILES string of the molecule is CCN(Cc1cccc(F)c1)C(=O)C1CCC(N)C1. The van der Waals surface area contributed by atoms with Crippen LogP contribution in [0.3, 0.4) is 0 Å². The number of nitrogens with two attached hydrogens (primary N) is 1. The van der Waals surface area contributed by atoms with Gasteiger partial charge in [-0.05, 0) is 43.9 Å². The molecule has 4 heteroatoms. The van der Waals surface area contributed by atoms with Gasteiger partial charge in [0.1, 0.15) is 5.82 Å². The van der Waals surface area contributed by atoms with Crippen molar-refractivity contribution in [3.05, 3.63) is 35.6 Å². The molecule has 0 heterocycles. The van der Waals surface area contributed by atoms with E-state index in [9.17, 15) is 9.18 Å². The van der Waals surface area contributed by atoms with Gasteiger partial charge < -0.3 is 10.6 Å². The van der Waals surface area contributed by atoms with Crippen LogP contribution in [0.25, 0.3) is 0 Å². The first-order chi connectivity index (χ1) is 9.10. The predicted molar refractivity (Wildman–Crippen MR) is 72.8 cm³/mol. The van der Waals surface area contributed by atoms with E-state index in [4.69, 9.17) is 5.73 Å². The highest BCUT2D eigenvalue weighted by atomic mass is 19.1. The van der Waals surface area contributed by atoms with Gasteiger partial charge in [-0.2, -0.15) is 0 Å². The second kappa shape index (κ2) is 6.15. The summed E-state index contributed by atoms with van der Waals surface area (Å²) in [5.74, 6) is -0.0629. The van der Waals surface area contributed by atoms with Gasteiger partial charge in [-0.15, -0.1) is 0 Å². The van der Waals surface area contributed by atoms with Crippen molar-refractivity contribution in [1.82, 2.24) is 4.90 Å². The first-order valence-corrected chi connectivity index (χ1v) is 6.89. The molecule has 2 unspecified atom stereocenters. The number of rotatable bonds is 4. The predicted octanol–water partition coefficient (Wildman–Crippen LogP) is 2.30. The fourth-order valence-electron chi connectivity index (χ4n) is 2.70. The molecule has 1 aliphatic carbocycles. The smallest absolute Gasteiger partial charge is 0.226 e. The van der Waals surface area contributed by atoms with Crippen molar-refractivity contribution in [3.8, 4) is 0 Å². The molecule has 1 fully saturated rings. The van der Waals surface area contributed by atoms with E-state index >= 15 is 0 Å². The largest absolute Gasteiger partial charge is 0.338 e. The van der Waals surface area contributed by atoms with Crippen LogP contribution in [0.15, 0.2) is 24.3 Å². The van der Waals surface area contributed by atoms with Gasteiger partial charge >= 0.3 is 0 Å². The maximum atomic E-state index is 13.2. The minimum atomic E-state index is -0.260. The van der Waals surface area contributed by atoms with Gasteiger partial charge in [0, 0.05) is 25.0 Å². The highest BCUT2D eigenvalue weighted by Crippen LogP contribution is 2.26. The summed E-state index contributed by atoms with van der Waals surface area (Å²) in [6.07, 6.45) is 2.58. The van der Waals surface area contributed by atoms with Crippen molar-refractivity contribution in [2.24, 2.45) is 11.7 Å². The van der Waals surface area contributed by atoms with Crippen LogP contribution in [0.1, 0.15) is 31.7 Å². The Labute approximate surface area is 113 Å². The number of halogens is 1. The molecule has 1 amide bonds. The van der Waals surface area contributed by atoms with Crippen LogP contribution in [-0.4, -0.2) is 23.4 Å². The van der Waals surface area contributed by atoms with Crippen LogP contribution in [-0.2, 0) is 11.3 Å². The average Bonchev–Trinajstić information content (AvgIpc) is 2.82. The third kappa shape index (κ3) is 3.53. The van der Waals surface area contributed by atoms with E-state index in [-0.39, 0.29) is 23.7 Å². The molecule has 0 aromatic heterocycles. The Morgan fingerprint density at radius 1 is 1.47 bits per heavy atom. The van der Waals surface area contributed by atoms with Gasteiger partial charge in [0.05, 0.1) is 0 Å². The Hall–Kier alpha value is -1.42. The summed E-state index contributed by atoms with van der Waals surface area (Å²) < 4.78 is 13.2. The summed E-state index contributed by atoms with van der Waals surface area (Å²) >= 11 is 0. The molecule has 2 rings (SSSR count). The molecule has 0 saturated heterocycles. The van der Waals surface area contributed by atoms with E-state index in [1.165, 1.54) is 12.1 Å².